The lowest BCUT2D eigenvalue weighted by molar-refractivity contribution is 0.426. The van der Waals surface area contributed by atoms with Gasteiger partial charge in [-0.15, -0.1) is 0 Å². The zero-order chi connectivity index (χ0) is 17.1. The highest BCUT2D eigenvalue weighted by Gasteiger charge is 2.17. The first-order chi connectivity index (χ1) is 11.6. The van der Waals surface area contributed by atoms with E-state index in [2.05, 4.69) is 43.0 Å². The number of rotatable bonds is 4. The van der Waals surface area contributed by atoms with Crippen LogP contribution < -0.4 is 10.4 Å². The molecule has 3 rings (SSSR count). The number of aryl methyl sites for hydroxylation is 2. The van der Waals surface area contributed by atoms with Gasteiger partial charge in [0.2, 0.25) is 0 Å². The molecule has 0 saturated carbocycles. The maximum atomic E-state index is 9.32. The van der Waals surface area contributed by atoms with Crippen molar-refractivity contribution in [3.63, 3.8) is 0 Å². The van der Waals surface area contributed by atoms with Gasteiger partial charge < -0.3 is 14.9 Å². The van der Waals surface area contributed by atoms with Crippen molar-refractivity contribution in [2.24, 2.45) is 0 Å². The average Bonchev–Trinajstić information content (AvgIpc) is 2.59. The number of para-hydroxylation sites is 2. The van der Waals surface area contributed by atoms with Gasteiger partial charge in [0.1, 0.15) is 0 Å². The first-order valence-electron chi connectivity index (χ1n) is 7.95. The monoisotopic (exact) mass is 317 g/mol. The predicted molar refractivity (Wildman–Crippen MR) is 100 cm³/mol. The van der Waals surface area contributed by atoms with E-state index in [0.29, 0.717) is 5.46 Å². The van der Waals surface area contributed by atoms with Gasteiger partial charge >= 0.3 is 7.12 Å². The summed E-state index contributed by atoms with van der Waals surface area (Å²) in [6.07, 6.45) is 0. The summed E-state index contributed by atoms with van der Waals surface area (Å²) >= 11 is 0. The summed E-state index contributed by atoms with van der Waals surface area (Å²) in [6, 6.07) is 23.8. The number of hydrogen-bond donors (Lipinski definition) is 2. The number of hydrogen-bond acceptors (Lipinski definition) is 3. The lowest BCUT2D eigenvalue weighted by atomic mass is 9.80. The fraction of sp³-hybridized carbons (Fsp3) is 0.100. The van der Waals surface area contributed by atoms with Crippen molar-refractivity contribution in [2.45, 2.75) is 13.8 Å². The molecule has 0 aliphatic carbocycles. The Kier molecular flexibility index (Phi) is 4.70. The normalized spacial score (nSPS) is 10.5. The summed E-state index contributed by atoms with van der Waals surface area (Å²) in [5.41, 5.74) is 6.00. The molecule has 0 unspecified atom stereocenters. The van der Waals surface area contributed by atoms with Crippen LogP contribution in [0.3, 0.4) is 0 Å². The van der Waals surface area contributed by atoms with Crippen molar-refractivity contribution in [1.29, 1.82) is 0 Å². The van der Waals surface area contributed by atoms with E-state index in [1.54, 1.807) is 12.1 Å². The summed E-state index contributed by atoms with van der Waals surface area (Å²) < 4.78 is 0. The molecule has 24 heavy (non-hydrogen) atoms. The average molecular weight is 317 g/mol. The highest BCUT2D eigenvalue weighted by Crippen LogP contribution is 2.37. The Morgan fingerprint density at radius 2 is 1.12 bits per heavy atom. The first kappa shape index (κ1) is 16.3. The van der Waals surface area contributed by atoms with Crippen molar-refractivity contribution in [2.75, 3.05) is 4.90 Å². The molecule has 0 aliphatic heterocycles. The Labute approximate surface area is 143 Å². The molecule has 4 heteroatoms. The molecule has 0 amide bonds. The second kappa shape index (κ2) is 6.91. The van der Waals surface area contributed by atoms with Gasteiger partial charge in [-0.25, -0.2) is 0 Å². The van der Waals surface area contributed by atoms with Crippen LogP contribution in [0.25, 0.3) is 0 Å². The summed E-state index contributed by atoms with van der Waals surface area (Å²) in [5.74, 6) is 0. The van der Waals surface area contributed by atoms with Crippen LogP contribution in [0.2, 0.25) is 0 Å². The van der Waals surface area contributed by atoms with E-state index in [-0.39, 0.29) is 0 Å². The van der Waals surface area contributed by atoms with Crippen LogP contribution in [0.15, 0.2) is 72.8 Å². The molecule has 3 aromatic carbocycles. The maximum absolute atomic E-state index is 9.32. The van der Waals surface area contributed by atoms with E-state index in [0.717, 1.165) is 17.1 Å². The van der Waals surface area contributed by atoms with Crippen LogP contribution in [-0.2, 0) is 0 Å². The van der Waals surface area contributed by atoms with Crippen LogP contribution in [0.1, 0.15) is 11.1 Å². The van der Waals surface area contributed by atoms with Crippen LogP contribution in [0.5, 0.6) is 0 Å². The van der Waals surface area contributed by atoms with Gasteiger partial charge in [0.05, 0.1) is 0 Å². The lowest BCUT2D eigenvalue weighted by Crippen LogP contribution is -2.29. The largest absolute Gasteiger partial charge is 0.488 e. The molecule has 0 radical (unpaired) electrons. The van der Waals surface area contributed by atoms with E-state index >= 15 is 0 Å². The van der Waals surface area contributed by atoms with Crippen molar-refractivity contribution in [1.82, 2.24) is 0 Å². The molecule has 0 aromatic heterocycles. The van der Waals surface area contributed by atoms with Gasteiger partial charge in [-0.1, -0.05) is 48.5 Å². The van der Waals surface area contributed by atoms with Crippen LogP contribution in [0.4, 0.5) is 17.1 Å². The maximum Gasteiger partial charge on any atom is 0.488 e. The second-order valence-corrected chi connectivity index (χ2v) is 5.87. The third-order valence-corrected chi connectivity index (χ3v) is 4.16. The molecule has 120 valence electrons. The van der Waals surface area contributed by atoms with E-state index in [4.69, 9.17) is 0 Å². The lowest BCUT2D eigenvalue weighted by Gasteiger charge is -2.28. The van der Waals surface area contributed by atoms with Crippen molar-refractivity contribution in [3.05, 3.63) is 83.9 Å². The van der Waals surface area contributed by atoms with E-state index < -0.39 is 7.12 Å². The molecule has 2 N–H and O–H groups in total. The Morgan fingerprint density at radius 3 is 1.54 bits per heavy atom. The van der Waals surface area contributed by atoms with Gasteiger partial charge in [0, 0.05) is 17.1 Å². The topological polar surface area (TPSA) is 43.7 Å². The molecule has 0 spiro atoms. The van der Waals surface area contributed by atoms with E-state index in [1.165, 1.54) is 11.1 Å². The molecule has 3 nitrogen and oxygen atoms in total. The predicted octanol–water partition coefficient (Wildman–Crippen LogP) is 3.45. The summed E-state index contributed by atoms with van der Waals surface area (Å²) in [7, 11) is -1.45. The second-order valence-electron chi connectivity index (χ2n) is 5.87. The van der Waals surface area contributed by atoms with Gasteiger partial charge in [-0.3, -0.25) is 0 Å². The number of benzene rings is 3. The molecular weight excluding hydrogens is 297 g/mol. The molecule has 0 aliphatic rings. The van der Waals surface area contributed by atoms with Crippen LogP contribution >= 0.6 is 0 Å². The number of nitrogens with zero attached hydrogens (tertiary/aromatic N) is 1. The molecule has 0 saturated heterocycles. The minimum absolute atomic E-state index is 0.480. The van der Waals surface area contributed by atoms with E-state index in [9.17, 15) is 10.0 Å². The minimum atomic E-state index is -1.45. The third-order valence-electron chi connectivity index (χ3n) is 4.16. The fourth-order valence-electron chi connectivity index (χ4n) is 2.83. The standard InChI is InChI=1S/C20H20BNO2/c1-15-7-3-5-9-19(15)22(20-10-6-4-8-16(20)2)18-13-11-17(12-14-18)21(23)24/h3-14,23-24H,1-2H3. The molecule has 0 bridgehead atoms. The van der Waals surface area contributed by atoms with Crippen LogP contribution in [-0.4, -0.2) is 17.2 Å². The quantitative estimate of drug-likeness (QED) is 0.724. The zero-order valence-electron chi connectivity index (χ0n) is 13.8. The highest BCUT2D eigenvalue weighted by atomic mass is 16.4. The van der Waals surface area contributed by atoms with Crippen molar-refractivity contribution < 1.29 is 10.0 Å². The van der Waals surface area contributed by atoms with Crippen LogP contribution in [0, 0.1) is 13.8 Å². The van der Waals surface area contributed by atoms with Crippen molar-refractivity contribution in [3.8, 4) is 0 Å². The summed E-state index contributed by atoms with van der Waals surface area (Å²) in [6.45, 7) is 4.18. The Hall–Kier alpha value is -2.56. The van der Waals surface area contributed by atoms with Gasteiger partial charge in [0.25, 0.3) is 0 Å². The molecule has 0 atom stereocenters. The third kappa shape index (κ3) is 3.20. The van der Waals surface area contributed by atoms with E-state index in [1.807, 2.05) is 36.4 Å². The molecule has 3 aromatic rings. The molecular formula is C20H20BNO2. The zero-order valence-corrected chi connectivity index (χ0v) is 13.8. The number of anilines is 3. The Balaban J connectivity index is 2.16. The highest BCUT2D eigenvalue weighted by molar-refractivity contribution is 6.58. The molecule has 0 heterocycles. The minimum Gasteiger partial charge on any atom is -0.423 e. The first-order valence-corrected chi connectivity index (χ1v) is 7.95. The summed E-state index contributed by atoms with van der Waals surface area (Å²) in [5, 5.41) is 18.6. The Bertz CT molecular complexity index is 786. The fourth-order valence-corrected chi connectivity index (χ4v) is 2.83. The van der Waals surface area contributed by atoms with Gasteiger partial charge in [-0.05, 0) is 54.7 Å². The van der Waals surface area contributed by atoms with Gasteiger partial charge in [-0.2, -0.15) is 0 Å². The Morgan fingerprint density at radius 1 is 0.667 bits per heavy atom. The van der Waals surface area contributed by atoms with Gasteiger partial charge in [0.15, 0.2) is 0 Å². The van der Waals surface area contributed by atoms with Crippen molar-refractivity contribution >= 4 is 29.6 Å². The smallest absolute Gasteiger partial charge is 0.423 e. The SMILES string of the molecule is Cc1ccccc1N(c1ccc(B(O)O)cc1)c1ccccc1C. The molecule has 0 fully saturated rings. The summed E-state index contributed by atoms with van der Waals surface area (Å²) in [4.78, 5) is 2.19.